The third-order valence-electron chi connectivity index (χ3n) is 4.24. The molecule has 0 spiro atoms. The van der Waals surface area contributed by atoms with Crippen molar-refractivity contribution in [3.63, 3.8) is 0 Å². The first kappa shape index (κ1) is 12.5. The summed E-state index contributed by atoms with van der Waals surface area (Å²) >= 11 is 0. The summed E-state index contributed by atoms with van der Waals surface area (Å²) in [6, 6.07) is 1.84. The summed E-state index contributed by atoms with van der Waals surface area (Å²) in [5.74, 6) is 0. The molecule has 0 atom stereocenters. The largest absolute Gasteiger partial charge is 0.339 e. The summed E-state index contributed by atoms with van der Waals surface area (Å²) in [4.78, 5) is 2.89. The molecule has 1 nitrogen and oxygen atoms in total. The van der Waals surface area contributed by atoms with Crippen LogP contribution >= 0.6 is 0 Å². The molecule has 0 N–H and O–H groups in total. The molecule has 2 fully saturated rings. The highest BCUT2D eigenvalue weighted by Gasteiger charge is 2.33. The molecule has 0 unspecified atom stereocenters. The fraction of sp³-hybridized carbons (Fsp3) is 1.00. The van der Waals surface area contributed by atoms with Crippen molar-refractivity contribution in [3.05, 3.63) is 0 Å². The van der Waals surface area contributed by atoms with Gasteiger partial charge in [0.05, 0.1) is 0 Å². The SMILES string of the molecule is CC(C)(C)BN(C1CCCC1)C1CCCC1. The lowest BCUT2D eigenvalue weighted by molar-refractivity contribution is 0.249. The molecule has 2 heteroatoms. The molecular weight excluding hydrogens is 193 g/mol. The van der Waals surface area contributed by atoms with Gasteiger partial charge in [0.1, 0.15) is 0 Å². The Morgan fingerprint density at radius 3 is 1.50 bits per heavy atom. The molecule has 0 radical (unpaired) electrons. The standard InChI is InChI=1S/C14H28BN/c1-14(2,3)15-16(12-8-4-5-9-12)13-10-6-7-11-13/h12-13,15H,4-11H2,1-3H3. The van der Waals surface area contributed by atoms with Crippen molar-refractivity contribution in [3.8, 4) is 0 Å². The first-order valence-electron chi connectivity index (χ1n) is 7.32. The Hall–Kier alpha value is 0.0249. The van der Waals surface area contributed by atoms with E-state index in [1.807, 2.05) is 0 Å². The second-order valence-corrected chi connectivity index (χ2v) is 7.11. The van der Waals surface area contributed by atoms with Gasteiger partial charge >= 0.3 is 0 Å². The third-order valence-corrected chi connectivity index (χ3v) is 4.24. The molecule has 0 aromatic heterocycles. The lowest BCUT2D eigenvalue weighted by Gasteiger charge is -2.38. The molecular formula is C14H28BN. The van der Waals surface area contributed by atoms with Gasteiger partial charge in [-0.2, -0.15) is 0 Å². The minimum absolute atomic E-state index is 0.463. The van der Waals surface area contributed by atoms with E-state index >= 15 is 0 Å². The van der Waals surface area contributed by atoms with Gasteiger partial charge in [0.2, 0.25) is 7.41 Å². The Balaban J connectivity index is 1.99. The maximum atomic E-state index is 2.89. The lowest BCUT2D eigenvalue weighted by atomic mass is 9.61. The summed E-state index contributed by atoms with van der Waals surface area (Å²) in [5.41, 5.74) is 0. The summed E-state index contributed by atoms with van der Waals surface area (Å²) < 4.78 is 0. The van der Waals surface area contributed by atoms with Crippen LogP contribution in [0, 0.1) is 0 Å². The summed E-state index contributed by atoms with van der Waals surface area (Å²) in [6.07, 6.45) is 11.7. The Bertz CT molecular complexity index is 193. The molecule has 0 aromatic carbocycles. The highest BCUT2D eigenvalue weighted by Crippen LogP contribution is 2.34. The number of nitrogens with zero attached hydrogens (tertiary/aromatic N) is 1. The van der Waals surface area contributed by atoms with Crippen LogP contribution in [0.15, 0.2) is 0 Å². The van der Waals surface area contributed by atoms with E-state index in [4.69, 9.17) is 0 Å². The Kier molecular flexibility index (Phi) is 3.99. The molecule has 0 amide bonds. The molecule has 2 aliphatic carbocycles. The van der Waals surface area contributed by atoms with Crippen molar-refractivity contribution in [2.24, 2.45) is 0 Å². The van der Waals surface area contributed by atoms with E-state index in [2.05, 4.69) is 25.6 Å². The summed E-state index contributed by atoms with van der Waals surface area (Å²) in [6.45, 7) is 7.18. The van der Waals surface area contributed by atoms with E-state index in [0.717, 1.165) is 12.1 Å². The van der Waals surface area contributed by atoms with Gasteiger partial charge in [0.25, 0.3) is 0 Å². The van der Waals surface area contributed by atoms with Gasteiger partial charge in [-0.1, -0.05) is 46.5 Å². The van der Waals surface area contributed by atoms with Gasteiger partial charge in [-0.3, -0.25) is 0 Å². The Morgan fingerprint density at radius 2 is 1.19 bits per heavy atom. The van der Waals surface area contributed by atoms with E-state index in [0.29, 0.717) is 5.31 Å². The van der Waals surface area contributed by atoms with Crippen molar-refractivity contribution in [2.45, 2.75) is 89.5 Å². The zero-order valence-corrected chi connectivity index (χ0v) is 11.5. The summed E-state index contributed by atoms with van der Waals surface area (Å²) in [5, 5.41) is 0.463. The highest BCUT2D eigenvalue weighted by molar-refractivity contribution is 6.36. The second kappa shape index (κ2) is 5.12. The molecule has 16 heavy (non-hydrogen) atoms. The van der Waals surface area contributed by atoms with Crippen molar-refractivity contribution in [1.29, 1.82) is 0 Å². The van der Waals surface area contributed by atoms with Crippen LogP contribution in [0.1, 0.15) is 72.1 Å². The van der Waals surface area contributed by atoms with Gasteiger partial charge in [-0.05, 0) is 43.1 Å². The monoisotopic (exact) mass is 221 g/mol. The van der Waals surface area contributed by atoms with Gasteiger partial charge in [0.15, 0.2) is 0 Å². The lowest BCUT2D eigenvalue weighted by Crippen LogP contribution is -2.46. The predicted octanol–water partition coefficient (Wildman–Crippen LogP) is 3.74. The number of hydrogen-bond acceptors (Lipinski definition) is 1. The van der Waals surface area contributed by atoms with Crippen LogP contribution in [-0.2, 0) is 0 Å². The van der Waals surface area contributed by atoms with Crippen LogP contribution in [0.25, 0.3) is 0 Å². The first-order valence-corrected chi connectivity index (χ1v) is 7.32. The average Bonchev–Trinajstić information content (AvgIpc) is 2.86. The van der Waals surface area contributed by atoms with Crippen molar-refractivity contribution >= 4 is 7.41 Å². The van der Waals surface area contributed by atoms with Crippen LogP contribution in [-0.4, -0.2) is 24.3 Å². The number of rotatable bonds is 3. The normalized spacial score (nSPS) is 24.5. The molecule has 0 aromatic rings. The van der Waals surface area contributed by atoms with Crippen molar-refractivity contribution in [1.82, 2.24) is 4.81 Å². The van der Waals surface area contributed by atoms with Crippen LogP contribution in [0.2, 0.25) is 5.31 Å². The fourth-order valence-electron chi connectivity index (χ4n) is 3.58. The highest BCUT2D eigenvalue weighted by atomic mass is 15.1. The maximum absolute atomic E-state index is 2.89. The molecule has 0 heterocycles. The van der Waals surface area contributed by atoms with E-state index < -0.39 is 0 Å². The third kappa shape index (κ3) is 3.26. The Labute approximate surface area is 102 Å². The molecule has 2 saturated carbocycles. The van der Waals surface area contributed by atoms with E-state index in [1.54, 1.807) is 0 Å². The molecule has 92 valence electrons. The van der Waals surface area contributed by atoms with Crippen LogP contribution in [0.3, 0.4) is 0 Å². The minimum atomic E-state index is 0.463. The average molecular weight is 221 g/mol. The zero-order valence-electron chi connectivity index (χ0n) is 11.5. The van der Waals surface area contributed by atoms with Crippen LogP contribution < -0.4 is 0 Å². The van der Waals surface area contributed by atoms with Crippen LogP contribution in [0.4, 0.5) is 0 Å². The second-order valence-electron chi connectivity index (χ2n) is 7.11. The van der Waals surface area contributed by atoms with Gasteiger partial charge in [-0.15, -0.1) is 0 Å². The Morgan fingerprint density at radius 1 is 0.812 bits per heavy atom. The van der Waals surface area contributed by atoms with Gasteiger partial charge in [-0.25, -0.2) is 0 Å². The van der Waals surface area contributed by atoms with Crippen molar-refractivity contribution in [2.75, 3.05) is 0 Å². The van der Waals surface area contributed by atoms with Crippen LogP contribution in [0.5, 0.6) is 0 Å². The maximum Gasteiger partial charge on any atom is 0.210 e. The van der Waals surface area contributed by atoms with E-state index in [9.17, 15) is 0 Å². The molecule has 2 rings (SSSR count). The minimum Gasteiger partial charge on any atom is -0.339 e. The zero-order chi connectivity index (χ0) is 11.6. The van der Waals surface area contributed by atoms with E-state index in [-0.39, 0.29) is 0 Å². The summed E-state index contributed by atoms with van der Waals surface area (Å²) in [7, 11) is 1.31. The van der Waals surface area contributed by atoms with Gasteiger partial charge < -0.3 is 4.81 Å². The molecule has 0 bridgehead atoms. The quantitative estimate of drug-likeness (QED) is 0.656. The smallest absolute Gasteiger partial charge is 0.210 e. The van der Waals surface area contributed by atoms with Crippen molar-refractivity contribution < 1.29 is 0 Å². The predicted molar refractivity (Wildman–Crippen MR) is 73.2 cm³/mol. The molecule has 2 aliphatic rings. The first-order chi connectivity index (χ1) is 7.56. The van der Waals surface area contributed by atoms with Gasteiger partial charge in [0, 0.05) is 0 Å². The fourth-order valence-corrected chi connectivity index (χ4v) is 3.58. The molecule has 0 aliphatic heterocycles. The molecule has 0 saturated heterocycles. The number of hydrogen-bond donors (Lipinski definition) is 0. The topological polar surface area (TPSA) is 3.24 Å². The van der Waals surface area contributed by atoms with E-state index in [1.165, 1.54) is 58.8 Å².